The van der Waals surface area contributed by atoms with Gasteiger partial charge in [0.1, 0.15) is 17.8 Å². The number of esters is 1. The monoisotopic (exact) mass is 312 g/mol. The first-order valence-corrected chi connectivity index (χ1v) is 6.80. The summed E-state index contributed by atoms with van der Waals surface area (Å²) < 4.78 is 4.61. The Kier molecular flexibility index (Phi) is 5.40. The number of ether oxygens (including phenoxy) is 1. The van der Waals surface area contributed by atoms with Gasteiger partial charge in [-0.2, -0.15) is 0 Å². The fourth-order valence-electron chi connectivity index (χ4n) is 1.76. The Morgan fingerprint density at radius 3 is 2.65 bits per heavy atom. The van der Waals surface area contributed by atoms with Crippen LogP contribution in [0.2, 0.25) is 0 Å². The lowest BCUT2D eigenvalue weighted by atomic mass is 10.2. The highest BCUT2D eigenvalue weighted by molar-refractivity contribution is 6.03. The number of aromatic nitrogens is 2. The molecule has 7 heteroatoms. The fraction of sp³-hybridized carbons (Fsp3) is 0.125. The van der Waals surface area contributed by atoms with Gasteiger partial charge in [0.25, 0.3) is 5.91 Å². The summed E-state index contributed by atoms with van der Waals surface area (Å²) in [5.74, 6) is -0.275. The van der Waals surface area contributed by atoms with Gasteiger partial charge in [-0.15, -0.1) is 6.58 Å². The Hall–Kier alpha value is -3.22. The Morgan fingerprint density at radius 2 is 2.00 bits per heavy atom. The smallest absolute Gasteiger partial charge is 0.337 e. The summed E-state index contributed by atoms with van der Waals surface area (Å²) in [6, 6.07) is 7.91. The molecule has 2 N–H and O–H groups in total. The standard InChI is InChI=1S/C16H16N4O3/c1-3-8-17-14-9-13(18-10-19-14)15(21)20-12-6-4-11(5-7-12)16(22)23-2/h3-7,9-10H,1,8H2,2H3,(H,20,21)(H,17,18,19). The average Bonchev–Trinajstić information content (AvgIpc) is 2.60. The molecular weight excluding hydrogens is 296 g/mol. The molecule has 23 heavy (non-hydrogen) atoms. The van der Waals surface area contributed by atoms with Gasteiger partial charge < -0.3 is 15.4 Å². The molecule has 0 aliphatic carbocycles. The molecule has 0 saturated heterocycles. The van der Waals surface area contributed by atoms with Crippen LogP contribution in [0.3, 0.4) is 0 Å². The summed E-state index contributed by atoms with van der Waals surface area (Å²) >= 11 is 0. The number of hydrogen-bond donors (Lipinski definition) is 2. The van der Waals surface area contributed by atoms with Gasteiger partial charge >= 0.3 is 5.97 Å². The van der Waals surface area contributed by atoms with Crippen molar-refractivity contribution in [3.8, 4) is 0 Å². The van der Waals surface area contributed by atoms with E-state index in [4.69, 9.17) is 0 Å². The van der Waals surface area contributed by atoms with Crippen molar-refractivity contribution < 1.29 is 14.3 Å². The van der Waals surface area contributed by atoms with Crippen molar-refractivity contribution in [2.24, 2.45) is 0 Å². The Labute approximate surface area is 133 Å². The molecular formula is C16H16N4O3. The molecule has 0 fully saturated rings. The van der Waals surface area contributed by atoms with Crippen LogP contribution in [0.25, 0.3) is 0 Å². The molecule has 1 heterocycles. The lowest BCUT2D eigenvalue weighted by molar-refractivity contribution is 0.0600. The predicted molar refractivity (Wildman–Crippen MR) is 86.5 cm³/mol. The normalized spacial score (nSPS) is 9.78. The van der Waals surface area contributed by atoms with E-state index in [1.807, 2.05) is 0 Å². The molecule has 0 aliphatic heterocycles. The number of anilines is 2. The second-order valence-electron chi connectivity index (χ2n) is 4.48. The van der Waals surface area contributed by atoms with Gasteiger partial charge in [0.05, 0.1) is 12.7 Å². The van der Waals surface area contributed by atoms with Gasteiger partial charge in [-0.1, -0.05) is 6.08 Å². The van der Waals surface area contributed by atoms with Crippen LogP contribution in [0, 0.1) is 0 Å². The summed E-state index contributed by atoms with van der Waals surface area (Å²) in [6.45, 7) is 4.13. The second-order valence-corrected chi connectivity index (χ2v) is 4.48. The molecule has 7 nitrogen and oxygen atoms in total. The van der Waals surface area contributed by atoms with Gasteiger partial charge in [0, 0.05) is 18.3 Å². The first-order valence-electron chi connectivity index (χ1n) is 6.80. The van der Waals surface area contributed by atoms with Crippen LogP contribution in [0.5, 0.6) is 0 Å². The number of carbonyl (C=O) groups excluding carboxylic acids is 2. The van der Waals surface area contributed by atoms with Gasteiger partial charge in [0.15, 0.2) is 0 Å². The molecule has 2 rings (SSSR count). The molecule has 0 radical (unpaired) electrons. The number of hydrogen-bond acceptors (Lipinski definition) is 6. The summed E-state index contributed by atoms with van der Waals surface area (Å²) in [7, 11) is 1.31. The molecule has 0 saturated carbocycles. The highest BCUT2D eigenvalue weighted by atomic mass is 16.5. The SMILES string of the molecule is C=CCNc1cc(C(=O)Nc2ccc(C(=O)OC)cc2)ncn1. The number of nitrogens with zero attached hydrogens (tertiary/aromatic N) is 2. The summed E-state index contributed by atoms with van der Waals surface area (Å²) in [4.78, 5) is 31.5. The van der Waals surface area contributed by atoms with Crippen LogP contribution in [0.1, 0.15) is 20.8 Å². The van der Waals surface area contributed by atoms with Crippen LogP contribution in [-0.4, -0.2) is 35.5 Å². The van der Waals surface area contributed by atoms with Crippen LogP contribution >= 0.6 is 0 Å². The number of nitrogens with one attached hydrogen (secondary N) is 2. The average molecular weight is 312 g/mol. The van der Waals surface area contributed by atoms with E-state index < -0.39 is 5.97 Å². The fourth-order valence-corrected chi connectivity index (χ4v) is 1.76. The summed E-state index contributed by atoms with van der Waals surface area (Å²) in [5, 5.41) is 5.68. The highest BCUT2D eigenvalue weighted by Gasteiger charge is 2.10. The maximum absolute atomic E-state index is 12.2. The molecule has 0 atom stereocenters. The summed E-state index contributed by atoms with van der Waals surface area (Å²) in [5.41, 5.74) is 1.17. The molecule has 1 amide bonds. The van der Waals surface area contributed by atoms with Crippen LogP contribution in [-0.2, 0) is 4.74 Å². The second kappa shape index (κ2) is 7.69. The van der Waals surface area contributed by atoms with Crippen molar-refractivity contribution in [2.75, 3.05) is 24.3 Å². The van der Waals surface area contributed by atoms with E-state index in [0.29, 0.717) is 23.6 Å². The Morgan fingerprint density at radius 1 is 1.26 bits per heavy atom. The van der Waals surface area contributed by atoms with E-state index in [9.17, 15) is 9.59 Å². The maximum Gasteiger partial charge on any atom is 0.337 e. The number of rotatable bonds is 6. The third-order valence-corrected chi connectivity index (χ3v) is 2.89. The highest BCUT2D eigenvalue weighted by Crippen LogP contribution is 2.12. The molecule has 1 aromatic heterocycles. The minimum Gasteiger partial charge on any atom is -0.465 e. The van der Waals surface area contributed by atoms with Crippen molar-refractivity contribution in [3.05, 3.63) is 60.6 Å². The largest absolute Gasteiger partial charge is 0.465 e. The zero-order chi connectivity index (χ0) is 16.7. The molecule has 2 aromatic rings. The molecule has 1 aromatic carbocycles. The van der Waals surface area contributed by atoms with E-state index in [1.54, 1.807) is 36.4 Å². The van der Waals surface area contributed by atoms with E-state index in [-0.39, 0.29) is 11.6 Å². The van der Waals surface area contributed by atoms with Gasteiger partial charge in [0.2, 0.25) is 0 Å². The third kappa shape index (κ3) is 4.37. The van der Waals surface area contributed by atoms with E-state index in [1.165, 1.54) is 13.4 Å². The lowest BCUT2D eigenvalue weighted by Crippen LogP contribution is -2.15. The summed E-state index contributed by atoms with van der Waals surface area (Å²) in [6.07, 6.45) is 2.99. The third-order valence-electron chi connectivity index (χ3n) is 2.89. The zero-order valence-electron chi connectivity index (χ0n) is 12.6. The number of methoxy groups -OCH3 is 1. The lowest BCUT2D eigenvalue weighted by Gasteiger charge is -2.07. The predicted octanol–water partition coefficient (Wildman–Crippen LogP) is 2.11. The minimum absolute atomic E-state index is 0.226. The Bertz CT molecular complexity index is 714. The quantitative estimate of drug-likeness (QED) is 0.627. The minimum atomic E-state index is -0.434. The van der Waals surface area contributed by atoms with Crippen LogP contribution in [0.4, 0.5) is 11.5 Å². The van der Waals surface area contributed by atoms with Gasteiger partial charge in [-0.05, 0) is 24.3 Å². The number of benzene rings is 1. The molecule has 0 aliphatic rings. The van der Waals surface area contributed by atoms with Crippen molar-refractivity contribution in [3.63, 3.8) is 0 Å². The molecule has 0 bridgehead atoms. The van der Waals surface area contributed by atoms with E-state index in [0.717, 1.165) is 0 Å². The van der Waals surface area contributed by atoms with Crippen LogP contribution in [0.15, 0.2) is 49.3 Å². The van der Waals surface area contributed by atoms with Crippen molar-refractivity contribution >= 4 is 23.4 Å². The zero-order valence-corrected chi connectivity index (χ0v) is 12.6. The maximum atomic E-state index is 12.2. The van der Waals surface area contributed by atoms with E-state index >= 15 is 0 Å². The van der Waals surface area contributed by atoms with Crippen LogP contribution < -0.4 is 10.6 Å². The van der Waals surface area contributed by atoms with Crippen molar-refractivity contribution in [2.45, 2.75) is 0 Å². The van der Waals surface area contributed by atoms with E-state index in [2.05, 4.69) is 31.9 Å². The molecule has 0 unspecified atom stereocenters. The number of carbonyl (C=O) groups is 2. The van der Waals surface area contributed by atoms with Crippen molar-refractivity contribution in [1.82, 2.24) is 9.97 Å². The molecule has 0 spiro atoms. The van der Waals surface area contributed by atoms with Gasteiger partial charge in [-0.3, -0.25) is 4.79 Å². The van der Waals surface area contributed by atoms with Gasteiger partial charge in [-0.25, -0.2) is 14.8 Å². The first-order chi connectivity index (χ1) is 11.1. The van der Waals surface area contributed by atoms with Crippen molar-refractivity contribution in [1.29, 1.82) is 0 Å². The number of amides is 1. The topological polar surface area (TPSA) is 93.2 Å². The first kappa shape index (κ1) is 16.2. The molecule has 118 valence electrons. The Balaban J connectivity index is 2.06.